The highest BCUT2D eigenvalue weighted by molar-refractivity contribution is 5.40. The van der Waals surface area contributed by atoms with Crippen LogP contribution in [0.5, 0.6) is 5.75 Å². The third-order valence-corrected chi connectivity index (χ3v) is 2.73. The van der Waals surface area contributed by atoms with Crippen molar-refractivity contribution in [2.45, 2.75) is 13.0 Å². The zero-order chi connectivity index (χ0) is 12.1. The smallest absolute Gasteiger partial charge is 0.123 e. The molecule has 1 atom stereocenters. The number of methoxy groups -OCH3 is 1. The van der Waals surface area contributed by atoms with Crippen molar-refractivity contribution in [3.05, 3.63) is 54.0 Å². The first kappa shape index (κ1) is 11.7. The maximum atomic E-state index is 5.40. The molecule has 1 unspecified atom stereocenters. The number of rotatable bonds is 5. The fourth-order valence-electron chi connectivity index (χ4n) is 1.96. The Bertz CT molecular complexity index is 451. The van der Waals surface area contributed by atoms with Crippen LogP contribution in [0.4, 0.5) is 0 Å². The van der Waals surface area contributed by atoms with Gasteiger partial charge in [0.15, 0.2) is 0 Å². The highest BCUT2D eigenvalue weighted by atomic mass is 16.5. The van der Waals surface area contributed by atoms with Crippen LogP contribution < -0.4 is 10.1 Å². The summed E-state index contributed by atoms with van der Waals surface area (Å²) in [6.45, 7) is 2.97. The van der Waals surface area contributed by atoms with Crippen LogP contribution in [0.15, 0.2) is 47.3 Å². The van der Waals surface area contributed by atoms with Crippen molar-refractivity contribution < 1.29 is 9.15 Å². The number of hydrogen-bond donors (Lipinski definition) is 1. The first-order chi connectivity index (χ1) is 8.36. The lowest BCUT2D eigenvalue weighted by atomic mass is 10.0. The molecule has 0 aliphatic rings. The minimum Gasteiger partial charge on any atom is -0.496 e. The van der Waals surface area contributed by atoms with E-state index in [2.05, 4.69) is 18.3 Å². The molecule has 0 radical (unpaired) electrons. The van der Waals surface area contributed by atoms with Crippen molar-refractivity contribution in [2.75, 3.05) is 13.7 Å². The number of hydrogen-bond acceptors (Lipinski definition) is 3. The Kier molecular flexibility index (Phi) is 3.83. The normalized spacial score (nSPS) is 12.4. The minimum absolute atomic E-state index is 0.106. The summed E-state index contributed by atoms with van der Waals surface area (Å²) in [5, 5.41) is 3.44. The van der Waals surface area contributed by atoms with E-state index in [9.17, 15) is 0 Å². The van der Waals surface area contributed by atoms with Crippen LogP contribution in [-0.2, 0) is 0 Å². The molecule has 0 fully saturated rings. The van der Waals surface area contributed by atoms with Gasteiger partial charge in [0, 0.05) is 11.1 Å². The van der Waals surface area contributed by atoms with Gasteiger partial charge in [-0.2, -0.15) is 0 Å². The van der Waals surface area contributed by atoms with E-state index in [0.29, 0.717) is 0 Å². The van der Waals surface area contributed by atoms with E-state index >= 15 is 0 Å². The SMILES string of the molecule is CCNC(c1ccoc1)c1ccccc1OC. The lowest BCUT2D eigenvalue weighted by Crippen LogP contribution is -2.22. The Morgan fingerprint density at radius 3 is 2.76 bits per heavy atom. The molecule has 3 heteroatoms. The van der Waals surface area contributed by atoms with E-state index in [4.69, 9.17) is 9.15 Å². The van der Waals surface area contributed by atoms with Gasteiger partial charge in [-0.05, 0) is 18.7 Å². The molecule has 17 heavy (non-hydrogen) atoms. The predicted molar refractivity (Wildman–Crippen MR) is 67.2 cm³/mol. The zero-order valence-corrected chi connectivity index (χ0v) is 10.1. The van der Waals surface area contributed by atoms with Crippen molar-refractivity contribution in [1.82, 2.24) is 5.32 Å². The van der Waals surface area contributed by atoms with E-state index in [1.807, 2.05) is 24.3 Å². The van der Waals surface area contributed by atoms with Gasteiger partial charge in [0.2, 0.25) is 0 Å². The van der Waals surface area contributed by atoms with Crippen LogP contribution in [-0.4, -0.2) is 13.7 Å². The van der Waals surface area contributed by atoms with Crippen molar-refractivity contribution in [3.63, 3.8) is 0 Å². The molecule has 1 heterocycles. The molecule has 0 bridgehead atoms. The first-order valence-corrected chi connectivity index (χ1v) is 5.75. The molecule has 90 valence electrons. The second kappa shape index (κ2) is 5.55. The van der Waals surface area contributed by atoms with Crippen LogP contribution in [0.25, 0.3) is 0 Å². The molecule has 0 spiro atoms. The average molecular weight is 231 g/mol. The molecule has 1 N–H and O–H groups in total. The van der Waals surface area contributed by atoms with Gasteiger partial charge >= 0.3 is 0 Å². The van der Waals surface area contributed by atoms with E-state index in [1.165, 1.54) is 0 Å². The second-order valence-electron chi connectivity index (χ2n) is 3.79. The largest absolute Gasteiger partial charge is 0.496 e. The van der Waals surface area contributed by atoms with Gasteiger partial charge in [-0.25, -0.2) is 0 Å². The lowest BCUT2D eigenvalue weighted by Gasteiger charge is -2.19. The molecule has 0 amide bonds. The topological polar surface area (TPSA) is 34.4 Å². The maximum absolute atomic E-state index is 5.40. The highest BCUT2D eigenvalue weighted by Crippen LogP contribution is 2.29. The third-order valence-electron chi connectivity index (χ3n) is 2.73. The quantitative estimate of drug-likeness (QED) is 0.859. The van der Waals surface area contributed by atoms with Crippen LogP contribution in [0, 0.1) is 0 Å². The van der Waals surface area contributed by atoms with E-state index in [0.717, 1.165) is 23.4 Å². The molecule has 0 aliphatic carbocycles. The number of furan rings is 1. The summed E-state index contributed by atoms with van der Waals surface area (Å²) in [6.07, 6.45) is 3.45. The van der Waals surface area contributed by atoms with E-state index in [1.54, 1.807) is 19.6 Å². The molecule has 3 nitrogen and oxygen atoms in total. The van der Waals surface area contributed by atoms with E-state index in [-0.39, 0.29) is 6.04 Å². The van der Waals surface area contributed by atoms with Crippen molar-refractivity contribution in [1.29, 1.82) is 0 Å². The molecule has 0 saturated carbocycles. The Morgan fingerprint density at radius 1 is 1.29 bits per heavy atom. The number of nitrogens with one attached hydrogen (secondary N) is 1. The minimum atomic E-state index is 0.106. The highest BCUT2D eigenvalue weighted by Gasteiger charge is 2.17. The monoisotopic (exact) mass is 231 g/mol. The van der Waals surface area contributed by atoms with Crippen molar-refractivity contribution >= 4 is 0 Å². The van der Waals surface area contributed by atoms with Crippen LogP contribution >= 0.6 is 0 Å². The number of benzene rings is 1. The van der Waals surface area contributed by atoms with Gasteiger partial charge in [-0.3, -0.25) is 0 Å². The van der Waals surface area contributed by atoms with E-state index < -0.39 is 0 Å². The molecular formula is C14H17NO2. The van der Waals surface area contributed by atoms with Gasteiger partial charge in [0.1, 0.15) is 5.75 Å². The molecule has 2 aromatic rings. The van der Waals surface area contributed by atoms with Crippen LogP contribution in [0.3, 0.4) is 0 Å². The zero-order valence-electron chi connectivity index (χ0n) is 10.1. The average Bonchev–Trinajstić information content (AvgIpc) is 2.89. The van der Waals surface area contributed by atoms with Crippen molar-refractivity contribution in [2.24, 2.45) is 0 Å². The Labute approximate surface area is 101 Å². The summed E-state index contributed by atoms with van der Waals surface area (Å²) in [7, 11) is 1.69. The van der Waals surface area contributed by atoms with Gasteiger partial charge < -0.3 is 14.5 Å². The summed E-state index contributed by atoms with van der Waals surface area (Å²) >= 11 is 0. The molecule has 0 aliphatic heterocycles. The molecule has 2 rings (SSSR count). The van der Waals surface area contributed by atoms with Gasteiger partial charge in [0.05, 0.1) is 25.7 Å². The van der Waals surface area contributed by atoms with Crippen LogP contribution in [0.1, 0.15) is 24.1 Å². The molecule has 1 aromatic carbocycles. The fourth-order valence-corrected chi connectivity index (χ4v) is 1.96. The van der Waals surface area contributed by atoms with Gasteiger partial charge in [-0.15, -0.1) is 0 Å². The van der Waals surface area contributed by atoms with Crippen LogP contribution in [0.2, 0.25) is 0 Å². The lowest BCUT2D eigenvalue weighted by molar-refractivity contribution is 0.404. The number of para-hydroxylation sites is 1. The maximum Gasteiger partial charge on any atom is 0.123 e. The predicted octanol–water partition coefficient (Wildman–Crippen LogP) is 2.99. The summed E-state index contributed by atoms with van der Waals surface area (Å²) in [6, 6.07) is 10.1. The van der Waals surface area contributed by atoms with Crippen molar-refractivity contribution in [3.8, 4) is 5.75 Å². The Hall–Kier alpha value is -1.74. The second-order valence-corrected chi connectivity index (χ2v) is 3.79. The third kappa shape index (κ3) is 2.50. The first-order valence-electron chi connectivity index (χ1n) is 5.75. The standard InChI is InChI=1S/C14H17NO2/c1-3-15-14(11-8-9-17-10-11)12-6-4-5-7-13(12)16-2/h4-10,14-15H,3H2,1-2H3. The Balaban J connectivity index is 2.39. The molecule has 1 aromatic heterocycles. The molecule has 0 saturated heterocycles. The number of ether oxygens (including phenoxy) is 1. The Morgan fingerprint density at radius 2 is 2.12 bits per heavy atom. The summed E-state index contributed by atoms with van der Waals surface area (Å²) < 4.78 is 10.6. The fraction of sp³-hybridized carbons (Fsp3) is 0.286. The summed E-state index contributed by atoms with van der Waals surface area (Å²) in [4.78, 5) is 0. The summed E-state index contributed by atoms with van der Waals surface area (Å²) in [5.74, 6) is 0.889. The van der Waals surface area contributed by atoms with Gasteiger partial charge in [-0.1, -0.05) is 25.1 Å². The summed E-state index contributed by atoms with van der Waals surface area (Å²) in [5.41, 5.74) is 2.23. The molecular weight excluding hydrogens is 214 g/mol. The van der Waals surface area contributed by atoms with Gasteiger partial charge in [0.25, 0.3) is 0 Å².